The number of hydrogen-bond acceptors (Lipinski definition) is 5. The van der Waals surface area contributed by atoms with E-state index >= 15 is 0 Å². The third-order valence-electron chi connectivity index (χ3n) is 2.83. The van der Waals surface area contributed by atoms with E-state index in [1.807, 2.05) is 6.07 Å². The number of aromatic nitrogens is 3. The highest BCUT2D eigenvalue weighted by molar-refractivity contribution is 5.98. The predicted octanol–water partition coefficient (Wildman–Crippen LogP) is 0.616. The summed E-state index contributed by atoms with van der Waals surface area (Å²) in [6.45, 7) is 1.16. The molecule has 1 fully saturated rings. The number of aromatic amines is 1. The van der Waals surface area contributed by atoms with Crippen molar-refractivity contribution in [3.63, 3.8) is 0 Å². The van der Waals surface area contributed by atoms with Gasteiger partial charge in [0, 0.05) is 18.0 Å². The number of amides is 1. The number of primary amides is 1. The van der Waals surface area contributed by atoms with Gasteiger partial charge >= 0.3 is 0 Å². The van der Waals surface area contributed by atoms with Crippen LogP contribution in [0, 0.1) is 0 Å². The lowest BCUT2D eigenvalue weighted by Gasteiger charge is -2.08. The second kappa shape index (κ2) is 4.79. The largest absolute Gasteiger partial charge is 0.365 e. The molecule has 1 saturated heterocycles. The topological polar surface area (TPSA) is 103 Å². The first-order chi connectivity index (χ1) is 9.25. The number of carbonyl (C=O) groups excluding carboxylic acids is 1. The number of nitrogens with two attached hydrogens (primary N) is 1. The molecule has 0 bridgehead atoms. The van der Waals surface area contributed by atoms with Crippen molar-refractivity contribution in [3.05, 3.63) is 35.7 Å². The lowest BCUT2D eigenvalue weighted by molar-refractivity contribution is -0.0443. The van der Waals surface area contributed by atoms with E-state index in [0.29, 0.717) is 30.2 Å². The maximum Gasteiger partial charge on any atom is 0.252 e. The molecule has 0 aliphatic carbocycles. The number of H-pyrrole nitrogens is 1. The Hall–Kier alpha value is -2.25. The van der Waals surface area contributed by atoms with Gasteiger partial charge in [-0.25, -0.2) is 0 Å². The number of nitrogens with one attached hydrogen (secondary N) is 1. The van der Waals surface area contributed by atoms with E-state index in [1.165, 1.54) is 6.20 Å². The fraction of sp³-hybridized carbons (Fsp3) is 0.250. The molecule has 1 aliphatic rings. The molecule has 0 radical (unpaired) electrons. The summed E-state index contributed by atoms with van der Waals surface area (Å²) < 4.78 is 10.7. The van der Waals surface area contributed by atoms with E-state index in [4.69, 9.17) is 15.2 Å². The van der Waals surface area contributed by atoms with Crippen molar-refractivity contribution in [2.24, 2.45) is 5.73 Å². The Balaban J connectivity index is 1.89. The minimum absolute atomic E-state index is 0.314. The van der Waals surface area contributed by atoms with E-state index in [1.54, 1.807) is 12.3 Å². The number of pyridine rings is 1. The van der Waals surface area contributed by atoms with Gasteiger partial charge in [0.2, 0.25) is 0 Å². The quantitative estimate of drug-likeness (QED) is 0.841. The van der Waals surface area contributed by atoms with Crippen molar-refractivity contribution in [1.82, 2.24) is 15.2 Å². The zero-order chi connectivity index (χ0) is 13.2. The van der Waals surface area contributed by atoms with E-state index in [2.05, 4.69) is 15.2 Å². The first kappa shape index (κ1) is 11.8. The first-order valence-corrected chi connectivity index (χ1v) is 5.79. The maximum absolute atomic E-state index is 11.2. The summed E-state index contributed by atoms with van der Waals surface area (Å²) in [7, 11) is 0. The Labute approximate surface area is 108 Å². The van der Waals surface area contributed by atoms with Crippen LogP contribution >= 0.6 is 0 Å². The average molecular weight is 260 g/mol. The summed E-state index contributed by atoms with van der Waals surface area (Å²) in [4.78, 5) is 15.5. The second-order valence-electron chi connectivity index (χ2n) is 4.06. The summed E-state index contributed by atoms with van der Waals surface area (Å²) in [5.74, 6) is -0.544. The molecule has 0 atom stereocenters. The SMILES string of the molecule is NC(=O)c1c[nH]nc1-c1ccc(C2OCCO2)cn1. The van der Waals surface area contributed by atoms with Gasteiger partial charge in [-0.3, -0.25) is 14.9 Å². The molecule has 1 amide bonds. The molecule has 19 heavy (non-hydrogen) atoms. The lowest BCUT2D eigenvalue weighted by Crippen LogP contribution is -2.11. The summed E-state index contributed by atoms with van der Waals surface area (Å²) in [5, 5.41) is 6.59. The number of rotatable bonds is 3. The Morgan fingerprint density at radius 3 is 2.79 bits per heavy atom. The third kappa shape index (κ3) is 2.20. The molecule has 0 aromatic carbocycles. The summed E-state index contributed by atoms with van der Waals surface area (Å²) in [6.07, 6.45) is 2.73. The number of nitrogens with zero attached hydrogens (tertiary/aromatic N) is 2. The van der Waals surface area contributed by atoms with Crippen molar-refractivity contribution < 1.29 is 14.3 Å². The third-order valence-corrected chi connectivity index (χ3v) is 2.83. The van der Waals surface area contributed by atoms with E-state index in [9.17, 15) is 4.79 Å². The molecule has 98 valence electrons. The van der Waals surface area contributed by atoms with Gasteiger partial charge in [0.25, 0.3) is 5.91 Å². The van der Waals surface area contributed by atoms with Crippen LogP contribution in [0.3, 0.4) is 0 Å². The van der Waals surface area contributed by atoms with E-state index < -0.39 is 5.91 Å². The molecule has 0 unspecified atom stereocenters. The summed E-state index contributed by atoms with van der Waals surface area (Å²) >= 11 is 0. The molecule has 7 nitrogen and oxygen atoms in total. The van der Waals surface area contributed by atoms with Gasteiger partial charge in [-0.15, -0.1) is 0 Å². The standard InChI is InChI=1S/C12H12N4O3/c13-11(17)8-6-15-16-10(8)9-2-1-7(5-14-9)12-18-3-4-19-12/h1-2,5-6,12H,3-4H2,(H2,13,17)(H,15,16). The van der Waals surface area contributed by atoms with Crippen LogP contribution in [0.15, 0.2) is 24.5 Å². The van der Waals surface area contributed by atoms with Crippen LogP contribution in [0.25, 0.3) is 11.4 Å². The van der Waals surface area contributed by atoms with Gasteiger partial charge in [0.15, 0.2) is 6.29 Å². The van der Waals surface area contributed by atoms with Crippen LogP contribution in [0.4, 0.5) is 0 Å². The van der Waals surface area contributed by atoms with Crippen LogP contribution in [-0.4, -0.2) is 34.3 Å². The molecule has 0 spiro atoms. The number of hydrogen-bond donors (Lipinski definition) is 2. The predicted molar refractivity (Wildman–Crippen MR) is 65.0 cm³/mol. The molecular formula is C12H12N4O3. The maximum atomic E-state index is 11.2. The molecule has 1 aliphatic heterocycles. The van der Waals surface area contributed by atoms with Crippen molar-refractivity contribution in [2.75, 3.05) is 13.2 Å². The molecule has 2 aromatic rings. The van der Waals surface area contributed by atoms with Gasteiger partial charge < -0.3 is 15.2 Å². The van der Waals surface area contributed by atoms with Crippen LogP contribution in [0.2, 0.25) is 0 Å². The Morgan fingerprint density at radius 1 is 1.37 bits per heavy atom. The normalized spacial score (nSPS) is 15.8. The van der Waals surface area contributed by atoms with Crippen molar-refractivity contribution in [2.45, 2.75) is 6.29 Å². The van der Waals surface area contributed by atoms with Gasteiger partial charge in [-0.2, -0.15) is 5.10 Å². The fourth-order valence-corrected chi connectivity index (χ4v) is 1.91. The molecule has 2 aromatic heterocycles. The van der Waals surface area contributed by atoms with Gasteiger partial charge in [0.1, 0.15) is 5.69 Å². The summed E-state index contributed by atoms with van der Waals surface area (Å²) in [6, 6.07) is 3.58. The van der Waals surface area contributed by atoms with Crippen molar-refractivity contribution >= 4 is 5.91 Å². The van der Waals surface area contributed by atoms with Crippen LogP contribution in [0.5, 0.6) is 0 Å². The van der Waals surface area contributed by atoms with E-state index in [0.717, 1.165) is 5.56 Å². The minimum atomic E-state index is -0.544. The van der Waals surface area contributed by atoms with Gasteiger partial charge in [-0.1, -0.05) is 6.07 Å². The highest BCUT2D eigenvalue weighted by atomic mass is 16.7. The van der Waals surface area contributed by atoms with Gasteiger partial charge in [-0.05, 0) is 6.07 Å². The molecule has 3 rings (SSSR count). The van der Waals surface area contributed by atoms with Crippen molar-refractivity contribution in [1.29, 1.82) is 0 Å². The van der Waals surface area contributed by atoms with E-state index in [-0.39, 0.29) is 6.29 Å². The first-order valence-electron chi connectivity index (χ1n) is 5.79. The van der Waals surface area contributed by atoms with Crippen LogP contribution in [-0.2, 0) is 9.47 Å². The zero-order valence-corrected chi connectivity index (χ0v) is 10.00. The summed E-state index contributed by atoms with van der Waals surface area (Å²) in [5.41, 5.74) is 7.41. The Morgan fingerprint density at radius 2 is 2.16 bits per heavy atom. The molecule has 0 saturated carbocycles. The van der Waals surface area contributed by atoms with Gasteiger partial charge in [0.05, 0.1) is 24.5 Å². The van der Waals surface area contributed by atoms with Crippen molar-refractivity contribution in [3.8, 4) is 11.4 Å². The zero-order valence-electron chi connectivity index (χ0n) is 10.00. The smallest absolute Gasteiger partial charge is 0.252 e. The molecular weight excluding hydrogens is 248 g/mol. The average Bonchev–Trinajstić information content (AvgIpc) is 3.10. The Bertz CT molecular complexity index is 587. The molecule has 7 heteroatoms. The highest BCUT2D eigenvalue weighted by Crippen LogP contribution is 2.25. The molecule has 3 heterocycles. The lowest BCUT2D eigenvalue weighted by atomic mass is 10.1. The van der Waals surface area contributed by atoms with Crippen LogP contribution < -0.4 is 5.73 Å². The number of carbonyl (C=O) groups is 1. The highest BCUT2D eigenvalue weighted by Gasteiger charge is 2.19. The monoisotopic (exact) mass is 260 g/mol. The minimum Gasteiger partial charge on any atom is -0.365 e. The Kier molecular flexibility index (Phi) is 2.98. The number of ether oxygens (including phenoxy) is 2. The second-order valence-corrected chi connectivity index (χ2v) is 4.06. The molecule has 3 N–H and O–H groups in total. The fourth-order valence-electron chi connectivity index (χ4n) is 1.91. The van der Waals surface area contributed by atoms with Crippen LogP contribution in [0.1, 0.15) is 22.2 Å².